The lowest BCUT2D eigenvalue weighted by atomic mass is 10.4. The fourth-order valence-electron chi connectivity index (χ4n) is 0.692. The number of nitrogens with two attached hydrogens (primary N) is 1. The SMILES string of the molecule is Nc1cc(Cl)ncc1OCC(=O)O. The summed E-state index contributed by atoms with van der Waals surface area (Å²) >= 11 is 5.52. The van der Waals surface area contributed by atoms with E-state index < -0.39 is 12.6 Å². The van der Waals surface area contributed by atoms with E-state index in [2.05, 4.69) is 4.98 Å². The molecule has 70 valence electrons. The molecule has 1 heterocycles. The Bertz CT molecular complexity index is 330. The second-order valence-electron chi connectivity index (χ2n) is 2.23. The molecule has 0 aromatic carbocycles. The number of anilines is 1. The first-order valence-corrected chi connectivity index (χ1v) is 3.73. The van der Waals surface area contributed by atoms with Gasteiger partial charge in [-0.25, -0.2) is 9.78 Å². The summed E-state index contributed by atoms with van der Waals surface area (Å²) in [6, 6.07) is 1.39. The van der Waals surface area contributed by atoms with E-state index in [1.54, 1.807) is 0 Å². The highest BCUT2D eigenvalue weighted by Gasteiger charge is 2.04. The first-order valence-electron chi connectivity index (χ1n) is 3.35. The lowest BCUT2D eigenvalue weighted by molar-refractivity contribution is -0.139. The quantitative estimate of drug-likeness (QED) is 0.708. The summed E-state index contributed by atoms with van der Waals surface area (Å²) < 4.78 is 4.81. The first kappa shape index (κ1) is 9.60. The Labute approximate surface area is 79.1 Å². The third-order valence-electron chi connectivity index (χ3n) is 1.22. The summed E-state index contributed by atoms with van der Waals surface area (Å²) in [7, 11) is 0. The number of hydrogen-bond donors (Lipinski definition) is 2. The Morgan fingerprint density at radius 1 is 1.77 bits per heavy atom. The van der Waals surface area contributed by atoms with Crippen LogP contribution in [0.3, 0.4) is 0 Å². The van der Waals surface area contributed by atoms with Crippen LogP contribution < -0.4 is 10.5 Å². The smallest absolute Gasteiger partial charge is 0.341 e. The van der Waals surface area contributed by atoms with Gasteiger partial charge >= 0.3 is 5.97 Å². The second-order valence-corrected chi connectivity index (χ2v) is 2.61. The molecule has 0 atom stereocenters. The van der Waals surface area contributed by atoms with Gasteiger partial charge in [0.1, 0.15) is 5.15 Å². The van der Waals surface area contributed by atoms with Crippen LogP contribution in [0.2, 0.25) is 5.15 Å². The van der Waals surface area contributed by atoms with Crippen LogP contribution in [0.5, 0.6) is 5.75 Å². The van der Waals surface area contributed by atoms with Crippen molar-refractivity contribution in [2.24, 2.45) is 0 Å². The van der Waals surface area contributed by atoms with Crippen molar-refractivity contribution in [3.63, 3.8) is 0 Å². The predicted octanol–water partition coefficient (Wildman–Crippen LogP) is 0.781. The van der Waals surface area contributed by atoms with Crippen molar-refractivity contribution in [2.45, 2.75) is 0 Å². The number of pyridine rings is 1. The highest BCUT2D eigenvalue weighted by Crippen LogP contribution is 2.22. The van der Waals surface area contributed by atoms with Crippen molar-refractivity contribution in [1.82, 2.24) is 4.98 Å². The van der Waals surface area contributed by atoms with E-state index in [4.69, 9.17) is 27.2 Å². The van der Waals surface area contributed by atoms with Crippen molar-refractivity contribution >= 4 is 23.3 Å². The number of rotatable bonds is 3. The topological polar surface area (TPSA) is 85.4 Å². The molecule has 3 N–H and O–H groups in total. The molecule has 0 radical (unpaired) electrons. The van der Waals surface area contributed by atoms with Crippen LogP contribution in [0, 0.1) is 0 Å². The average molecular weight is 203 g/mol. The number of nitrogens with zero attached hydrogens (tertiary/aromatic N) is 1. The van der Waals surface area contributed by atoms with Gasteiger partial charge in [-0.1, -0.05) is 11.6 Å². The number of carboxylic acid groups (broad SMARTS) is 1. The average Bonchev–Trinajstić information content (AvgIpc) is 2.02. The second kappa shape index (κ2) is 3.95. The normalized spacial score (nSPS) is 9.62. The predicted molar refractivity (Wildman–Crippen MR) is 46.8 cm³/mol. The molecule has 0 unspecified atom stereocenters. The third-order valence-corrected chi connectivity index (χ3v) is 1.42. The maximum Gasteiger partial charge on any atom is 0.341 e. The van der Waals surface area contributed by atoms with Gasteiger partial charge in [0.05, 0.1) is 11.9 Å². The van der Waals surface area contributed by atoms with E-state index in [1.807, 2.05) is 0 Å². The maximum absolute atomic E-state index is 10.1. The standard InChI is InChI=1S/C7H7ClN2O3/c8-6-1-4(9)5(2-10-6)13-3-7(11)12/h1-2H,3H2,(H2,9,10)(H,11,12). The van der Waals surface area contributed by atoms with Crippen molar-refractivity contribution in [3.8, 4) is 5.75 Å². The zero-order valence-corrected chi connectivity index (χ0v) is 7.28. The Morgan fingerprint density at radius 3 is 3.00 bits per heavy atom. The van der Waals surface area contributed by atoms with Crippen molar-refractivity contribution in [1.29, 1.82) is 0 Å². The number of carbonyl (C=O) groups is 1. The zero-order valence-electron chi connectivity index (χ0n) is 6.53. The minimum Gasteiger partial charge on any atom is -0.479 e. The zero-order chi connectivity index (χ0) is 9.84. The molecule has 5 nitrogen and oxygen atoms in total. The van der Waals surface area contributed by atoms with Gasteiger partial charge in [-0.3, -0.25) is 0 Å². The van der Waals surface area contributed by atoms with Gasteiger partial charge in [-0.15, -0.1) is 0 Å². The number of aliphatic carboxylic acids is 1. The molecule has 1 aromatic rings. The Kier molecular flexibility index (Phi) is 2.92. The van der Waals surface area contributed by atoms with Gasteiger partial charge in [0.25, 0.3) is 0 Å². The van der Waals surface area contributed by atoms with Crippen LogP contribution >= 0.6 is 11.6 Å². The van der Waals surface area contributed by atoms with E-state index in [0.29, 0.717) is 0 Å². The van der Waals surface area contributed by atoms with Gasteiger partial charge in [0.2, 0.25) is 0 Å². The number of halogens is 1. The number of nitrogen functional groups attached to an aromatic ring is 1. The van der Waals surface area contributed by atoms with Crippen molar-refractivity contribution in [2.75, 3.05) is 12.3 Å². The highest BCUT2D eigenvalue weighted by molar-refractivity contribution is 6.29. The number of hydrogen-bond acceptors (Lipinski definition) is 4. The number of aromatic nitrogens is 1. The van der Waals surface area contributed by atoms with Crippen molar-refractivity contribution in [3.05, 3.63) is 17.4 Å². The molecule has 1 aromatic heterocycles. The maximum atomic E-state index is 10.1. The molecule has 0 fully saturated rings. The lowest BCUT2D eigenvalue weighted by Crippen LogP contribution is -2.10. The lowest BCUT2D eigenvalue weighted by Gasteiger charge is -2.05. The molecule has 0 aliphatic carbocycles. The molecular weight excluding hydrogens is 196 g/mol. The summed E-state index contributed by atoms with van der Waals surface area (Å²) in [6.07, 6.45) is 1.28. The molecule has 0 saturated heterocycles. The fraction of sp³-hybridized carbons (Fsp3) is 0.143. The molecule has 0 amide bonds. The Hall–Kier alpha value is -1.49. The molecule has 0 aliphatic heterocycles. The van der Waals surface area contributed by atoms with Gasteiger partial charge in [-0.05, 0) is 0 Å². The van der Waals surface area contributed by atoms with Gasteiger partial charge in [0.15, 0.2) is 12.4 Å². The molecule has 6 heteroatoms. The molecular formula is C7H7ClN2O3. The molecule has 1 rings (SSSR count). The largest absolute Gasteiger partial charge is 0.479 e. The van der Waals surface area contributed by atoms with E-state index in [1.165, 1.54) is 12.3 Å². The van der Waals surface area contributed by atoms with E-state index in [9.17, 15) is 4.79 Å². The molecule has 13 heavy (non-hydrogen) atoms. The van der Waals surface area contributed by atoms with Crippen LogP contribution in [0.15, 0.2) is 12.3 Å². The monoisotopic (exact) mass is 202 g/mol. The molecule has 0 spiro atoms. The Balaban J connectivity index is 2.72. The minimum absolute atomic E-state index is 0.215. The summed E-state index contributed by atoms with van der Waals surface area (Å²) in [5, 5.41) is 8.54. The van der Waals surface area contributed by atoms with Crippen molar-refractivity contribution < 1.29 is 14.6 Å². The fourth-order valence-corrected chi connectivity index (χ4v) is 0.858. The summed E-state index contributed by atoms with van der Waals surface area (Å²) in [6.45, 7) is -0.451. The molecule has 0 bridgehead atoms. The van der Waals surface area contributed by atoms with Crippen LogP contribution in [-0.4, -0.2) is 22.7 Å². The van der Waals surface area contributed by atoms with Crippen LogP contribution in [0.25, 0.3) is 0 Å². The van der Waals surface area contributed by atoms with Gasteiger partial charge < -0.3 is 15.6 Å². The third kappa shape index (κ3) is 2.79. The van der Waals surface area contributed by atoms with Crippen LogP contribution in [0.1, 0.15) is 0 Å². The summed E-state index contributed by atoms with van der Waals surface area (Å²) in [4.78, 5) is 13.8. The van der Waals surface area contributed by atoms with Gasteiger partial charge in [-0.2, -0.15) is 0 Å². The van der Waals surface area contributed by atoms with E-state index in [0.717, 1.165) is 0 Å². The van der Waals surface area contributed by atoms with Crippen LogP contribution in [-0.2, 0) is 4.79 Å². The molecule has 0 saturated carbocycles. The number of carboxylic acids is 1. The van der Waals surface area contributed by atoms with Crippen LogP contribution in [0.4, 0.5) is 5.69 Å². The van der Waals surface area contributed by atoms with Gasteiger partial charge in [0, 0.05) is 6.07 Å². The summed E-state index contributed by atoms with van der Waals surface area (Å²) in [5.74, 6) is -0.860. The minimum atomic E-state index is -1.07. The van der Waals surface area contributed by atoms with E-state index in [-0.39, 0.29) is 16.6 Å². The molecule has 0 aliphatic rings. The Morgan fingerprint density at radius 2 is 2.46 bits per heavy atom. The number of ether oxygens (including phenoxy) is 1. The van der Waals surface area contributed by atoms with E-state index >= 15 is 0 Å². The summed E-state index contributed by atoms with van der Waals surface area (Å²) in [5.41, 5.74) is 5.73. The first-order chi connectivity index (χ1) is 6.09. The highest BCUT2D eigenvalue weighted by atomic mass is 35.5.